The Kier molecular flexibility index (Phi) is 5.19. The molecule has 0 spiro atoms. The van der Waals surface area contributed by atoms with Crippen molar-refractivity contribution in [3.05, 3.63) is 104 Å². The molecular formula is C22H18ClNO2. The van der Waals surface area contributed by atoms with Gasteiger partial charge in [-0.25, -0.2) is 0 Å². The molecule has 1 N–H and O–H groups in total. The van der Waals surface area contributed by atoms with Gasteiger partial charge >= 0.3 is 0 Å². The maximum atomic E-state index is 13.3. The molecule has 0 amide bonds. The lowest BCUT2D eigenvalue weighted by Gasteiger charge is -2.10. The second kappa shape index (κ2) is 7.54. The highest BCUT2D eigenvalue weighted by molar-refractivity contribution is 6.33. The first-order valence-electron chi connectivity index (χ1n) is 8.23. The van der Waals surface area contributed by atoms with Gasteiger partial charge in [0, 0.05) is 16.3 Å². The summed E-state index contributed by atoms with van der Waals surface area (Å²) >= 11 is 5.95. The van der Waals surface area contributed by atoms with Gasteiger partial charge in [-0.05, 0) is 54.8 Å². The van der Waals surface area contributed by atoms with Crippen molar-refractivity contribution >= 4 is 29.0 Å². The van der Waals surface area contributed by atoms with Crippen LogP contribution in [0.5, 0.6) is 0 Å². The number of aromatic amines is 1. The number of H-pyrrole nitrogens is 1. The smallest absolute Gasteiger partial charge is 0.259 e. The van der Waals surface area contributed by atoms with E-state index in [0.717, 1.165) is 16.8 Å². The quantitative estimate of drug-likeness (QED) is 0.399. The molecule has 0 saturated heterocycles. The van der Waals surface area contributed by atoms with Crippen molar-refractivity contribution in [2.24, 2.45) is 0 Å². The number of ketones is 1. The maximum absolute atomic E-state index is 13.3. The van der Waals surface area contributed by atoms with E-state index >= 15 is 0 Å². The molecule has 3 rings (SSSR count). The molecule has 0 atom stereocenters. The molecule has 2 aromatic carbocycles. The van der Waals surface area contributed by atoms with E-state index in [1.807, 2.05) is 42.5 Å². The van der Waals surface area contributed by atoms with Crippen LogP contribution in [0.4, 0.5) is 0 Å². The zero-order valence-electron chi connectivity index (χ0n) is 14.5. The topological polar surface area (TPSA) is 49.9 Å². The van der Waals surface area contributed by atoms with Gasteiger partial charge in [0.2, 0.25) is 0 Å². The molecule has 26 heavy (non-hydrogen) atoms. The predicted molar refractivity (Wildman–Crippen MR) is 107 cm³/mol. The Morgan fingerprint density at radius 1 is 1.00 bits per heavy atom. The van der Waals surface area contributed by atoms with E-state index in [9.17, 15) is 9.59 Å². The zero-order valence-corrected chi connectivity index (χ0v) is 15.3. The van der Waals surface area contributed by atoms with Crippen LogP contribution in [0.15, 0.2) is 65.5 Å². The second-order valence-corrected chi connectivity index (χ2v) is 6.58. The molecule has 0 aliphatic carbocycles. The molecule has 0 radical (unpaired) electrons. The molecule has 4 heteroatoms. The highest BCUT2D eigenvalue weighted by Crippen LogP contribution is 2.24. The summed E-state index contributed by atoms with van der Waals surface area (Å²) in [5.74, 6) is -0.301. The lowest BCUT2D eigenvalue weighted by Crippen LogP contribution is -2.21. The van der Waals surface area contributed by atoms with Crippen molar-refractivity contribution in [2.45, 2.75) is 13.8 Å². The van der Waals surface area contributed by atoms with E-state index in [1.165, 1.54) is 0 Å². The molecule has 0 unspecified atom stereocenters. The number of hydrogen-bond acceptors (Lipinski definition) is 2. The molecule has 3 nitrogen and oxygen atoms in total. The number of halogens is 1. The van der Waals surface area contributed by atoms with Gasteiger partial charge in [-0.3, -0.25) is 9.59 Å². The number of aromatic nitrogens is 1. The van der Waals surface area contributed by atoms with Crippen LogP contribution in [0.2, 0.25) is 5.02 Å². The Labute approximate surface area is 157 Å². The van der Waals surface area contributed by atoms with Crippen LogP contribution >= 0.6 is 11.6 Å². The van der Waals surface area contributed by atoms with Crippen LogP contribution in [0.25, 0.3) is 11.6 Å². The maximum Gasteiger partial charge on any atom is 0.259 e. The highest BCUT2D eigenvalue weighted by atomic mass is 35.5. The standard InChI is InChI=1S/C22H18ClNO2/c1-14-12-15(2)24-22(26)20(14)21(25)19(17-6-4-3-5-7-17)13-16-8-10-18(23)11-9-16/h3-13H,1-2H3,(H,24,26). The number of hydrogen-bond donors (Lipinski definition) is 1. The summed E-state index contributed by atoms with van der Waals surface area (Å²) in [5.41, 5.74) is 3.24. The van der Waals surface area contributed by atoms with E-state index in [0.29, 0.717) is 16.2 Å². The minimum atomic E-state index is -0.370. The number of allylic oxidation sites excluding steroid dienone is 1. The molecule has 0 saturated carbocycles. The van der Waals surface area contributed by atoms with Gasteiger partial charge in [-0.2, -0.15) is 0 Å². The lowest BCUT2D eigenvalue weighted by molar-refractivity contribution is 0.105. The van der Waals surface area contributed by atoms with Crippen LogP contribution in [0, 0.1) is 13.8 Å². The number of nitrogens with one attached hydrogen (secondary N) is 1. The molecule has 0 fully saturated rings. The summed E-state index contributed by atoms with van der Waals surface area (Å²) in [5, 5.41) is 0.626. The first-order chi connectivity index (χ1) is 12.5. The van der Waals surface area contributed by atoms with E-state index in [4.69, 9.17) is 11.6 Å². The van der Waals surface area contributed by atoms with Crippen molar-refractivity contribution < 1.29 is 4.79 Å². The Balaban J connectivity index is 2.17. The van der Waals surface area contributed by atoms with Crippen LogP contribution in [-0.4, -0.2) is 10.8 Å². The molecule has 130 valence electrons. The molecule has 1 aromatic heterocycles. The van der Waals surface area contributed by atoms with Gasteiger partial charge in [-0.15, -0.1) is 0 Å². The first kappa shape index (κ1) is 17.9. The third-order valence-electron chi connectivity index (χ3n) is 4.10. The summed E-state index contributed by atoms with van der Waals surface area (Å²) < 4.78 is 0. The Morgan fingerprint density at radius 3 is 2.27 bits per heavy atom. The van der Waals surface area contributed by atoms with E-state index in [-0.39, 0.29) is 16.9 Å². The third-order valence-corrected chi connectivity index (χ3v) is 4.35. The number of benzene rings is 2. The molecule has 3 aromatic rings. The van der Waals surface area contributed by atoms with Crippen molar-refractivity contribution in [3.8, 4) is 0 Å². The minimum absolute atomic E-state index is 0.166. The Morgan fingerprint density at radius 2 is 1.65 bits per heavy atom. The zero-order chi connectivity index (χ0) is 18.7. The van der Waals surface area contributed by atoms with Gasteiger partial charge in [0.05, 0.1) is 5.56 Å². The summed E-state index contributed by atoms with van der Waals surface area (Å²) in [4.78, 5) is 28.4. The number of rotatable bonds is 4. The van der Waals surface area contributed by atoms with Crippen LogP contribution in [-0.2, 0) is 0 Å². The molecule has 1 heterocycles. The first-order valence-corrected chi connectivity index (χ1v) is 8.61. The number of pyridine rings is 1. The van der Waals surface area contributed by atoms with Crippen LogP contribution in [0.3, 0.4) is 0 Å². The van der Waals surface area contributed by atoms with Gasteiger partial charge in [-0.1, -0.05) is 54.1 Å². The van der Waals surface area contributed by atoms with Gasteiger partial charge in [0.25, 0.3) is 5.56 Å². The van der Waals surface area contributed by atoms with E-state index in [1.54, 1.807) is 38.1 Å². The highest BCUT2D eigenvalue weighted by Gasteiger charge is 2.20. The fourth-order valence-electron chi connectivity index (χ4n) is 2.89. The van der Waals surface area contributed by atoms with Crippen LogP contribution < -0.4 is 5.56 Å². The SMILES string of the molecule is Cc1cc(C)c(C(=O)C(=Cc2ccc(Cl)cc2)c2ccccc2)c(=O)[nH]1. The van der Waals surface area contributed by atoms with Gasteiger partial charge in [0.1, 0.15) is 0 Å². The second-order valence-electron chi connectivity index (χ2n) is 6.14. The van der Waals surface area contributed by atoms with Crippen molar-refractivity contribution in [2.75, 3.05) is 0 Å². The predicted octanol–water partition coefficient (Wildman–Crippen LogP) is 5.07. The monoisotopic (exact) mass is 363 g/mol. The number of aryl methyl sites for hydroxylation is 2. The van der Waals surface area contributed by atoms with Gasteiger partial charge < -0.3 is 4.98 Å². The summed E-state index contributed by atoms with van der Waals surface area (Å²) in [7, 11) is 0. The summed E-state index contributed by atoms with van der Waals surface area (Å²) in [6, 6.07) is 18.4. The van der Waals surface area contributed by atoms with E-state index in [2.05, 4.69) is 4.98 Å². The van der Waals surface area contributed by atoms with Crippen molar-refractivity contribution in [1.29, 1.82) is 0 Å². The number of carbonyl (C=O) groups is 1. The summed E-state index contributed by atoms with van der Waals surface area (Å²) in [6.45, 7) is 3.57. The number of Topliss-reactive ketones (excluding diaryl/α,β-unsaturated/α-hetero) is 1. The summed E-state index contributed by atoms with van der Waals surface area (Å²) in [6.07, 6.45) is 1.78. The molecule has 0 aliphatic heterocycles. The molecular weight excluding hydrogens is 346 g/mol. The fourth-order valence-corrected chi connectivity index (χ4v) is 3.02. The average molecular weight is 364 g/mol. The van der Waals surface area contributed by atoms with Crippen molar-refractivity contribution in [1.82, 2.24) is 4.98 Å². The third kappa shape index (κ3) is 3.84. The Bertz CT molecular complexity index is 1030. The average Bonchev–Trinajstić information content (AvgIpc) is 2.61. The molecule has 0 aliphatic rings. The number of carbonyl (C=O) groups excluding carboxylic acids is 1. The largest absolute Gasteiger partial charge is 0.326 e. The molecule has 0 bridgehead atoms. The van der Waals surface area contributed by atoms with Crippen LogP contribution in [0.1, 0.15) is 32.7 Å². The Hall–Kier alpha value is -2.91. The van der Waals surface area contributed by atoms with E-state index < -0.39 is 0 Å². The fraction of sp³-hybridized carbons (Fsp3) is 0.0909. The van der Waals surface area contributed by atoms with Crippen molar-refractivity contribution in [3.63, 3.8) is 0 Å². The van der Waals surface area contributed by atoms with Gasteiger partial charge in [0.15, 0.2) is 5.78 Å². The minimum Gasteiger partial charge on any atom is -0.326 e. The normalized spacial score (nSPS) is 11.4. The lowest BCUT2D eigenvalue weighted by atomic mass is 9.93.